The highest BCUT2D eigenvalue weighted by atomic mass is 79.9. The second-order valence-electron chi connectivity index (χ2n) is 3.33. The molecule has 1 saturated heterocycles. The molecule has 0 spiro atoms. The molecule has 0 atom stereocenters. The first-order valence-corrected chi connectivity index (χ1v) is 5.64. The first-order valence-electron chi connectivity index (χ1n) is 4.31. The Kier molecular flexibility index (Phi) is 2.83. The van der Waals surface area contributed by atoms with E-state index in [2.05, 4.69) is 15.9 Å². The number of hydrogen-bond donors (Lipinski definition) is 0. The molecule has 0 aromatic carbocycles. The smallest absolute Gasteiger partial charge is 0.289 e. The predicted octanol–water partition coefficient (Wildman–Crippen LogP) is 2.35. The number of alkyl halides is 1. The van der Waals surface area contributed by atoms with E-state index in [0.717, 1.165) is 13.1 Å². The summed E-state index contributed by atoms with van der Waals surface area (Å²) in [4.78, 5) is 13.4. The van der Waals surface area contributed by atoms with Crippen molar-refractivity contribution < 1.29 is 9.21 Å². The molecule has 0 N–H and O–H groups in total. The van der Waals surface area contributed by atoms with E-state index >= 15 is 0 Å². The van der Waals surface area contributed by atoms with Crippen LogP contribution in [0.25, 0.3) is 0 Å². The molecule has 3 nitrogen and oxygen atoms in total. The van der Waals surface area contributed by atoms with E-state index in [0.29, 0.717) is 22.2 Å². The minimum Gasteiger partial charge on any atom is -0.444 e. The number of carbonyl (C=O) groups is 1. The highest BCUT2D eigenvalue weighted by molar-refractivity contribution is 9.10. The van der Waals surface area contributed by atoms with Gasteiger partial charge in [0.05, 0.1) is 0 Å². The summed E-state index contributed by atoms with van der Waals surface area (Å²) in [5, 5.41) is 0. The molecule has 5 heteroatoms. The van der Waals surface area contributed by atoms with Gasteiger partial charge < -0.3 is 9.32 Å². The van der Waals surface area contributed by atoms with E-state index < -0.39 is 0 Å². The maximum absolute atomic E-state index is 11.7. The van der Waals surface area contributed by atoms with Gasteiger partial charge in [-0.05, 0) is 28.1 Å². The van der Waals surface area contributed by atoms with Crippen LogP contribution in [0.1, 0.15) is 10.6 Å². The second kappa shape index (κ2) is 3.95. The minimum absolute atomic E-state index is 0.0583. The fourth-order valence-corrected chi connectivity index (χ4v) is 1.92. The van der Waals surface area contributed by atoms with Crippen LogP contribution in [0.15, 0.2) is 21.2 Å². The average Bonchev–Trinajstić information content (AvgIpc) is 2.49. The van der Waals surface area contributed by atoms with Crippen LogP contribution in [0.5, 0.6) is 0 Å². The quantitative estimate of drug-likeness (QED) is 0.778. The van der Waals surface area contributed by atoms with Crippen molar-refractivity contribution in [2.75, 3.05) is 19.0 Å². The van der Waals surface area contributed by atoms with Gasteiger partial charge in [-0.2, -0.15) is 0 Å². The van der Waals surface area contributed by atoms with Gasteiger partial charge in [-0.3, -0.25) is 4.79 Å². The monoisotopic (exact) mass is 277 g/mol. The van der Waals surface area contributed by atoms with E-state index in [4.69, 9.17) is 16.0 Å². The molecule has 1 aromatic heterocycles. The van der Waals surface area contributed by atoms with Crippen LogP contribution in [0, 0.1) is 5.92 Å². The first kappa shape index (κ1) is 10.1. The van der Waals surface area contributed by atoms with Gasteiger partial charge >= 0.3 is 0 Å². The lowest BCUT2D eigenvalue weighted by Crippen LogP contribution is -2.50. The van der Waals surface area contributed by atoms with Crippen molar-refractivity contribution in [1.29, 1.82) is 0 Å². The predicted molar refractivity (Wildman–Crippen MR) is 56.5 cm³/mol. The van der Waals surface area contributed by atoms with Crippen LogP contribution in [0.3, 0.4) is 0 Å². The van der Waals surface area contributed by atoms with Gasteiger partial charge in [-0.15, -0.1) is 11.6 Å². The molecule has 1 aliphatic heterocycles. The van der Waals surface area contributed by atoms with Crippen molar-refractivity contribution in [3.8, 4) is 0 Å². The largest absolute Gasteiger partial charge is 0.444 e. The highest BCUT2D eigenvalue weighted by Crippen LogP contribution is 2.22. The summed E-state index contributed by atoms with van der Waals surface area (Å²) < 4.78 is 5.74. The number of likely N-dealkylation sites (tertiary alicyclic amines) is 1. The van der Waals surface area contributed by atoms with Crippen LogP contribution in [-0.2, 0) is 0 Å². The third-order valence-electron chi connectivity index (χ3n) is 2.25. The fraction of sp³-hybridized carbons (Fsp3) is 0.444. The lowest BCUT2D eigenvalue weighted by atomic mass is 10.0. The minimum atomic E-state index is -0.0583. The highest BCUT2D eigenvalue weighted by Gasteiger charge is 2.31. The number of hydrogen-bond acceptors (Lipinski definition) is 2. The van der Waals surface area contributed by atoms with Crippen molar-refractivity contribution in [2.45, 2.75) is 0 Å². The summed E-state index contributed by atoms with van der Waals surface area (Å²) in [5.41, 5.74) is 0. The van der Waals surface area contributed by atoms with Crippen LogP contribution < -0.4 is 0 Å². The number of carbonyl (C=O) groups excluding carboxylic acids is 1. The summed E-state index contributed by atoms with van der Waals surface area (Å²) in [6.45, 7) is 1.47. The second-order valence-corrected chi connectivity index (χ2v) is 4.42. The molecule has 1 amide bonds. The number of rotatable bonds is 2. The Morgan fingerprint density at radius 2 is 2.36 bits per heavy atom. The Labute approximate surface area is 95.1 Å². The summed E-state index contributed by atoms with van der Waals surface area (Å²) >= 11 is 8.81. The molecule has 0 bridgehead atoms. The Morgan fingerprint density at radius 3 is 2.86 bits per heavy atom. The average molecular weight is 279 g/mol. The number of amides is 1. The van der Waals surface area contributed by atoms with Crippen LogP contribution in [0.2, 0.25) is 0 Å². The van der Waals surface area contributed by atoms with Gasteiger partial charge in [0.1, 0.15) is 0 Å². The molecular weight excluding hydrogens is 269 g/mol. The summed E-state index contributed by atoms with van der Waals surface area (Å²) in [6, 6.07) is 3.38. The third kappa shape index (κ3) is 1.81. The first-order chi connectivity index (χ1) is 6.70. The maximum atomic E-state index is 11.7. The van der Waals surface area contributed by atoms with E-state index in [9.17, 15) is 4.79 Å². The number of halogens is 2. The van der Waals surface area contributed by atoms with Gasteiger partial charge in [0.15, 0.2) is 10.4 Å². The molecule has 2 rings (SSSR count). The van der Waals surface area contributed by atoms with Gasteiger partial charge in [0.25, 0.3) is 5.91 Å². The van der Waals surface area contributed by atoms with Gasteiger partial charge in [0.2, 0.25) is 0 Å². The van der Waals surface area contributed by atoms with E-state index in [1.807, 2.05) is 0 Å². The molecule has 1 aromatic rings. The van der Waals surface area contributed by atoms with E-state index in [1.54, 1.807) is 17.0 Å². The zero-order chi connectivity index (χ0) is 10.1. The molecule has 1 fully saturated rings. The van der Waals surface area contributed by atoms with E-state index in [1.165, 1.54) is 0 Å². The van der Waals surface area contributed by atoms with Crippen molar-refractivity contribution in [3.63, 3.8) is 0 Å². The molecule has 2 heterocycles. The van der Waals surface area contributed by atoms with Crippen molar-refractivity contribution in [1.82, 2.24) is 4.90 Å². The number of furan rings is 1. The van der Waals surface area contributed by atoms with Gasteiger partial charge in [-0.25, -0.2) is 0 Å². The Bertz CT molecular complexity index is 346. The Hall–Kier alpha value is -0.480. The van der Waals surface area contributed by atoms with Crippen LogP contribution in [-0.4, -0.2) is 29.8 Å². The fourth-order valence-electron chi connectivity index (χ4n) is 1.42. The number of nitrogens with zero attached hydrogens (tertiary/aromatic N) is 1. The summed E-state index contributed by atoms with van der Waals surface area (Å²) in [6.07, 6.45) is 0. The lowest BCUT2D eigenvalue weighted by molar-refractivity contribution is 0.0502. The van der Waals surface area contributed by atoms with Crippen LogP contribution >= 0.6 is 27.5 Å². The topological polar surface area (TPSA) is 33.5 Å². The normalized spacial score (nSPS) is 16.9. The molecule has 0 radical (unpaired) electrons. The van der Waals surface area contributed by atoms with Crippen LogP contribution in [0.4, 0.5) is 0 Å². The molecule has 0 aliphatic carbocycles. The van der Waals surface area contributed by atoms with Crippen molar-refractivity contribution in [3.05, 3.63) is 22.6 Å². The van der Waals surface area contributed by atoms with Gasteiger partial charge in [0, 0.05) is 24.9 Å². The maximum Gasteiger partial charge on any atom is 0.289 e. The molecule has 76 valence electrons. The standard InChI is InChI=1S/C9H9BrClNO2/c10-8-2-1-7(14-8)9(13)12-4-6(3-11)5-12/h1-2,6H,3-5H2. The van der Waals surface area contributed by atoms with Crippen molar-refractivity contribution in [2.24, 2.45) is 5.92 Å². The summed E-state index contributed by atoms with van der Waals surface area (Å²) in [7, 11) is 0. The SMILES string of the molecule is O=C(c1ccc(Br)o1)N1CC(CCl)C1. The Morgan fingerprint density at radius 1 is 1.64 bits per heavy atom. The van der Waals surface area contributed by atoms with E-state index in [-0.39, 0.29) is 5.91 Å². The molecule has 14 heavy (non-hydrogen) atoms. The Balaban J connectivity index is 1.97. The van der Waals surface area contributed by atoms with Crippen molar-refractivity contribution >= 4 is 33.4 Å². The third-order valence-corrected chi connectivity index (χ3v) is 3.11. The summed E-state index contributed by atoms with van der Waals surface area (Å²) in [5.74, 6) is 1.38. The zero-order valence-corrected chi connectivity index (χ0v) is 9.71. The molecule has 0 saturated carbocycles. The zero-order valence-electron chi connectivity index (χ0n) is 7.37. The molecular formula is C9H9BrClNO2. The molecule has 0 unspecified atom stereocenters. The lowest BCUT2D eigenvalue weighted by Gasteiger charge is -2.37. The van der Waals surface area contributed by atoms with Gasteiger partial charge in [-0.1, -0.05) is 0 Å². The molecule has 1 aliphatic rings.